The molecule has 0 spiro atoms. The van der Waals surface area contributed by atoms with Crippen molar-refractivity contribution in [2.24, 2.45) is 0 Å². The molecule has 2 aliphatic rings. The summed E-state index contributed by atoms with van der Waals surface area (Å²) in [4.78, 5) is 2.51. The van der Waals surface area contributed by atoms with Gasteiger partial charge in [-0.1, -0.05) is 18.2 Å². The van der Waals surface area contributed by atoms with Crippen LogP contribution in [0.5, 0.6) is 5.75 Å². The Kier molecular flexibility index (Phi) is 5.91. The Morgan fingerprint density at radius 2 is 1.90 bits per heavy atom. The third-order valence-electron chi connectivity index (χ3n) is 6.45. The summed E-state index contributed by atoms with van der Waals surface area (Å²) in [6, 6.07) is 13.4. The summed E-state index contributed by atoms with van der Waals surface area (Å²) in [6.45, 7) is 4.04. The van der Waals surface area contributed by atoms with E-state index in [4.69, 9.17) is 9.47 Å². The Morgan fingerprint density at radius 3 is 2.55 bits per heavy atom. The first-order valence-corrected chi connectivity index (χ1v) is 10.5. The molecule has 2 aromatic carbocycles. The van der Waals surface area contributed by atoms with Crippen LogP contribution in [0.25, 0.3) is 0 Å². The minimum atomic E-state index is -0.940. The van der Waals surface area contributed by atoms with Crippen LogP contribution in [0.3, 0.4) is 0 Å². The quantitative estimate of drug-likeness (QED) is 0.750. The fourth-order valence-electron chi connectivity index (χ4n) is 5.05. The predicted molar refractivity (Wildman–Crippen MR) is 110 cm³/mol. The highest BCUT2D eigenvalue weighted by molar-refractivity contribution is 5.37. The van der Waals surface area contributed by atoms with Crippen LogP contribution in [0.1, 0.15) is 49.3 Å². The highest BCUT2D eigenvalue weighted by Gasteiger charge is 2.48. The molecule has 0 aliphatic carbocycles. The zero-order valence-electron chi connectivity index (χ0n) is 17.2. The number of methoxy groups -OCH3 is 1. The number of benzene rings is 2. The first-order valence-electron chi connectivity index (χ1n) is 10.5. The van der Waals surface area contributed by atoms with E-state index in [1.807, 2.05) is 19.1 Å². The van der Waals surface area contributed by atoms with Crippen molar-refractivity contribution in [1.82, 2.24) is 4.90 Å². The largest absolute Gasteiger partial charge is 0.496 e. The van der Waals surface area contributed by atoms with E-state index >= 15 is 0 Å². The predicted octanol–water partition coefficient (Wildman–Crippen LogP) is 4.39. The monoisotopic (exact) mass is 399 g/mol. The molecule has 2 atom stereocenters. The lowest BCUT2D eigenvalue weighted by Crippen LogP contribution is -2.49. The number of fused-ring (bicyclic) bond motifs is 2. The highest BCUT2D eigenvalue weighted by Crippen LogP contribution is 2.46. The summed E-state index contributed by atoms with van der Waals surface area (Å²) < 4.78 is 24.8. The zero-order valence-corrected chi connectivity index (χ0v) is 17.2. The Morgan fingerprint density at radius 1 is 1.14 bits per heavy atom. The third-order valence-corrected chi connectivity index (χ3v) is 6.45. The molecular weight excluding hydrogens is 369 g/mol. The lowest BCUT2D eigenvalue weighted by Gasteiger charge is -2.44. The minimum Gasteiger partial charge on any atom is -0.496 e. The van der Waals surface area contributed by atoms with Crippen molar-refractivity contribution in [3.05, 3.63) is 65.0 Å². The Bertz CT molecular complexity index is 842. The van der Waals surface area contributed by atoms with Crippen LogP contribution < -0.4 is 4.74 Å². The number of halogens is 1. The smallest absolute Gasteiger partial charge is 0.124 e. The van der Waals surface area contributed by atoms with Gasteiger partial charge in [-0.25, -0.2) is 4.39 Å². The lowest BCUT2D eigenvalue weighted by molar-refractivity contribution is -0.0596. The van der Waals surface area contributed by atoms with E-state index in [9.17, 15) is 9.50 Å². The molecular formula is C24H30FNO3. The molecule has 0 amide bonds. The molecule has 2 aliphatic heterocycles. The summed E-state index contributed by atoms with van der Waals surface area (Å²) in [6.07, 6.45) is 3.44. The second-order valence-electron chi connectivity index (χ2n) is 8.29. The van der Waals surface area contributed by atoms with Gasteiger partial charge in [0, 0.05) is 30.8 Å². The van der Waals surface area contributed by atoms with E-state index in [0.29, 0.717) is 43.7 Å². The van der Waals surface area contributed by atoms with Crippen LogP contribution in [0, 0.1) is 5.82 Å². The van der Waals surface area contributed by atoms with Crippen LogP contribution in [-0.4, -0.2) is 35.8 Å². The molecule has 29 heavy (non-hydrogen) atoms. The summed E-state index contributed by atoms with van der Waals surface area (Å²) in [5, 5.41) is 11.3. The normalized spacial score (nSPS) is 26.6. The Labute approximate surface area is 172 Å². The van der Waals surface area contributed by atoms with E-state index in [2.05, 4.69) is 17.0 Å². The van der Waals surface area contributed by atoms with Gasteiger partial charge >= 0.3 is 0 Å². The number of rotatable bonds is 7. The molecule has 2 bridgehead atoms. The van der Waals surface area contributed by atoms with Crippen molar-refractivity contribution in [3.8, 4) is 5.75 Å². The topological polar surface area (TPSA) is 41.9 Å². The number of ether oxygens (including phenoxy) is 2. The van der Waals surface area contributed by atoms with Gasteiger partial charge in [0.25, 0.3) is 0 Å². The van der Waals surface area contributed by atoms with Crippen LogP contribution in [-0.2, 0) is 23.5 Å². The molecule has 2 aromatic rings. The molecule has 2 saturated heterocycles. The molecule has 156 valence electrons. The summed E-state index contributed by atoms with van der Waals surface area (Å²) >= 11 is 0. The molecule has 2 heterocycles. The maximum Gasteiger partial charge on any atom is 0.124 e. The Hall–Kier alpha value is -1.95. The van der Waals surface area contributed by atoms with Crippen molar-refractivity contribution in [3.63, 3.8) is 0 Å². The SMILES string of the molecule is CCOCc1cc(CN2C3CCC2CC(O)(c2cccc(F)c2)C3)ccc1OC. The van der Waals surface area contributed by atoms with Crippen molar-refractivity contribution in [2.75, 3.05) is 13.7 Å². The Balaban J connectivity index is 1.51. The number of hydrogen-bond acceptors (Lipinski definition) is 4. The van der Waals surface area contributed by atoms with Crippen molar-refractivity contribution in [1.29, 1.82) is 0 Å². The first kappa shape index (κ1) is 20.3. The second-order valence-corrected chi connectivity index (χ2v) is 8.29. The van der Waals surface area contributed by atoms with Crippen molar-refractivity contribution in [2.45, 2.75) is 63.4 Å². The van der Waals surface area contributed by atoms with E-state index in [1.54, 1.807) is 13.2 Å². The maximum atomic E-state index is 13.7. The zero-order chi connectivity index (χ0) is 20.4. The van der Waals surface area contributed by atoms with Crippen LogP contribution in [0.15, 0.2) is 42.5 Å². The molecule has 0 saturated carbocycles. The minimum absolute atomic E-state index is 0.286. The number of nitrogens with zero attached hydrogens (tertiary/aromatic N) is 1. The summed E-state index contributed by atoms with van der Waals surface area (Å²) in [5.41, 5.74) is 2.06. The molecule has 4 rings (SSSR count). The average molecular weight is 400 g/mol. The summed E-state index contributed by atoms with van der Waals surface area (Å²) in [7, 11) is 1.68. The maximum absolute atomic E-state index is 13.7. The van der Waals surface area contributed by atoms with Gasteiger partial charge in [-0.3, -0.25) is 4.90 Å². The fraction of sp³-hybridized carbons (Fsp3) is 0.500. The molecule has 2 fully saturated rings. The van der Waals surface area contributed by atoms with E-state index in [0.717, 1.165) is 30.7 Å². The van der Waals surface area contributed by atoms with Gasteiger partial charge in [0.15, 0.2) is 0 Å². The second kappa shape index (κ2) is 8.42. The summed E-state index contributed by atoms with van der Waals surface area (Å²) in [5.74, 6) is 0.565. The fourth-order valence-corrected chi connectivity index (χ4v) is 5.05. The van der Waals surface area contributed by atoms with Gasteiger partial charge < -0.3 is 14.6 Å². The van der Waals surface area contributed by atoms with Crippen LogP contribution in [0.4, 0.5) is 4.39 Å². The van der Waals surface area contributed by atoms with Crippen molar-refractivity contribution < 1.29 is 19.0 Å². The van der Waals surface area contributed by atoms with Gasteiger partial charge in [-0.15, -0.1) is 0 Å². The van der Waals surface area contributed by atoms with E-state index in [1.165, 1.54) is 17.7 Å². The average Bonchev–Trinajstić information content (AvgIpc) is 2.96. The van der Waals surface area contributed by atoms with E-state index < -0.39 is 5.60 Å². The lowest BCUT2D eigenvalue weighted by atomic mass is 9.80. The molecule has 4 nitrogen and oxygen atoms in total. The van der Waals surface area contributed by atoms with Gasteiger partial charge in [0.1, 0.15) is 11.6 Å². The van der Waals surface area contributed by atoms with E-state index in [-0.39, 0.29) is 5.82 Å². The molecule has 1 N–H and O–H groups in total. The van der Waals surface area contributed by atoms with Crippen LogP contribution in [0.2, 0.25) is 0 Å². The molecule has 0 aromatic heterocycles. The van der Waals surface area contributed by atoms with Gasteiger partial charge in [0.2, 0.25) is 0 Å². The molecule has 0 radical (unpaired) electrons. The highest BCUT2D eigenvalue weighted by atomic mass is 19.1. The molecule has 2 unspecified atom stereocenters. The van der Waals surface area contributed by atoms with Gasteiger partial charge in [-0.05, 0) is 68.0 Å². The molecule has 5 heteroatoms. The van der Waals surface area contributed by atoms with Gasteiger partial charge in [-0.2, -0.15) is 0 Å². The first-order chi connectivity index (χ1) is 14.0. The number of piperidine rings is 1. The van der Waals surface area contributed by atoms with Crippen LogP contribution >= 0.6 is 0 Å². The number of aliphatic hydroxyl groups is 1. The van der Waals surface area contributed by atoms with Crippen molar-refractivity contribution >= 4 is 0 Å². The number of hydrogen-bond donors (Lipinski definition) is 1. The van der Waals surface area contributed by atoms with Gasteiger partial charge in [0.05, 0.1) is 19.3 Å². The standard InChI is InChI=1S/C24H30FNO3/c1-3-29-16-18-11-17(7-10-23(18)28-2)15-26-21-8-9-22(26)14-24(27,13-21)19-5-4-6-20(25)12-19/h4-7,10-12,21-22,27H,3,8-9,13-16H2,1-2H3. The third kappa shape index (κ3) is 4.18.